The van der Waals surface area contributed by atoms with Crippen LogP contribution in [0, 0.1) is 0 Å². The third-order valence-corrected chi connectivity index (χ3v) is 5.48. The molecule has 3 aromatic carbocycles. The molecule has 0 saturated carbocycles. The van der Waals surface area contributed by atoms with Gasteiger partial charge in [-0.1, -0.05) is 6.07 Å². The molecular formula is C26H20N2O12. The van der Waals surface area contributed by atoms with E-state index in [1.54, 1.807) is 0 Å². The number of carboxylic acids is 4. The van der Waals surface area contributed by atoms with Gasteiger partial charge in [-0.25, -0.2) is 28.8 Å². The molecule has 0 heterocycles. The molecule has 0 fully saturated rings. The molecule has 0 spiro atoms. The van der Waals surface area contributed by atoms with Gasteiger partial charge in [-0.05, 0) is 53.6 Å². The van der Waals surface area contributed by atoms with Gasteiger partial charge < -0.3 is 41.4 Å². The van der Waals surface area contributed by atoms with Gasteiger partial charge in [-0.3, -0.25) is 0 Å². The van der Waals surface area contributed by atoms with Crippen molar-refractivity contribution in [2.75, 3.05) is 11.5 Å². The van der Waals surface area contributed by atoms with Crippen LogP contribution in [0.2, 0.25) is 0 Å². The monoisotopic (exact) mass is 552 g/mol. The van der Waals surface area contributed by atoms with Crippen LogP contribution in [0.15, 0.2) is 48.5 Å². The number of carbonyl (C=O) groups excluding carboxylic acids is 2. The number of carbonyl (C=O) groups is 6. The van der Waals surface area contributed by atoms with E-state index < -0.39 is 82.7 Å². The van der Waals surface area contributed by atoms with E-state index in [-0.39, 0.29) is 22.3 Å². The number of hydrogen-bond acceptors (Lipinski definition) is 10. The van der Waals surface area contributed by atoms with Gasteiger partial charge >= 0.3 is 35.8 Å². The molecule has 0 aliphatic rings. The molecule has 14 heteroatoms. The first kappa shape index (κ1) is 28.6. The summed E-state index contributed by atoms with van der Waals surface area (Å²) in [5.74, 6) is -7.77. The lowest BCUT2D eigenvalue weighted by molar-refractivity contribution is 0.0469. The van der Waals surface area contributed by atoms with Crippen LogP contribution in [-0.4, -0.2) is 56.2 Å². The fourth-order valence-corrected chi connectivity index (χ4v) is 3.54. The van der Waals surface area contributed by atoms with Gasteiger partial charge in [-0.15, -0.1) is 0 Å². The van der Waals surface area contributed by atoms with Crippen molar-refractivity contribution in [1.82, 2.24) is 0 Å². The Labute approximate surface area is 224 Å². The maximum absolute atomic E-state index is 12.6. The highest BCUT2D eigenvalue weighted by Crippen LogP contribution is 2.23. The smallest absolute Gasteiger partial charge is 0.338 e. The van der Waals surface area contributed by atoms with Gasteiger partial charge in [0, 0.05) is 0 Å². The molecule has 0 radical (unpaired) electrons. The van der Waals surface area contributed by atoms with Crippen molar-refractivity contribution in [1.29, 1.82) is 0 Å². The van der Waals surface area contributed by atoms with Crippen molar-refractivity contribution in [3.05, 3.63) is 93.0 Å². The summed E-state index contributed by atoms with van der Waals surface area (Å²) in [5, 5.41) is 37.0. The molecule has 0 saturated heterocycles. The van der Waals surface area contributed by atoms with E-state index in [1.165, 1.54) is 18.2 Å². The van der Waals surface area contributed by atoms with Crippen LogP contribution in [0.3, 0.4) is 0 Å². The van der Waals surface area contributed by atoms with Crippen LogP contribution in [-0.2, 0) is 22.7 Å². The van der Waals surface area contributed by atoms with Crippen LogP contribution in [0.25, 0.3) is 0 Å². The minimum atomic E-state index is -1.48. The molecule has 0 aliphatic carbocycles. The number of nitrogens with two attached hydrogens (primary N) is 2. The summed E-state index contributed by atoms with van der Waals surface area (Å²) in [6.45, 7) is -1.02. The second-order valence-corrected chi connectivity index (χ2v) is 8.16. The fourth-order valence-electron chi connectivity index (χ4n) is 3.54. The first-order valence-corrected chi connectivity index (χ1v) is 11.0. The van der Waals surface area contributed by atoms with E-state index in [9.17, 15) is 49.2 Å². The normalized spacial score (nSPS) is 10.4. The molecule has 3 rings (SSSR count). The Hall–Kier alpha value is -5.92. The molecule has 0 amide bonds. The van der Waals surface area contributed by atoms with Crippen molar-refractivity contribution in [2.45, 2.75) is 13.2 Å². The van der Waals surface area contributed by atoms with E-state index in [0.29, 0.717) is 0 Å². The average molecular weight is 552 g/mol. The van der Waals surface area contributed by atoms with Gasteiger partial charge in [0.15, 0.2) is 0 Å². The molecule has 40 heavy (non-hydrogen) atoms. The summed E-state index contributed by atoms with van der Waals surface area (Å²) >= 11 is 0. The van der Waals surface area contributed by atoms with Crippen LogP contribution in [0.4, 0.5) is 11.4 Å². The molecule has 206 valence electrons. The number of aromatic carboxylic acids is 4. The Morgan fingerprint density at radius 2 is 0.850 bits per heavy atom. The highest BCUT2D eigenvalue weighted by molar-refractivity contribution is 6.03. The van der Waals surface area contributed by atoms with Crippen molar-refractivity contribution in [2.24, 2.45) is 0 Å². The summed E-state index contributed by atoms with van der Waals surface area (Å²) < 4.78 is 10.3. The number of rotatable bonds is 10. The van der Waals surface area contributed by atoms with Crippen LogP contribution < -0.4 is 11.5 Å². The molecule has 0 aliphatic heterocycles. The van der Waals surface area contributed by atoms with E-state index in [1.807, 2.05) is 0 Å². The van der Waals surface area contributed by atoms with Crippen LogP contribution >= 0.6 is 0 Å². The third kappa shape index (κ3) is 6.31. The predicted molar refractivity (Wildman–Crippen MR) is 134 cm³/mol. The van der Waals surface area contributed by atoms with E-state index in [2.05, 4.69) is 0 Å². The number of benzene rings is 3. The zero-order chi connectivity index (χ0) is 29.7. The van der Waals surface area contributed by atoms with Crippen molar-refractivity contribution < 1.29 is 58.7 Å². The highest BCUT2D eigenvalue weighted by atomic mass is 16.5. The topological polar surface area (TPSA) is 254 Å². The van der Waals surface area contributed by atoms with Crippen LogP contribution in [0.5, 0.6) is 0 Å². The van der Waals surface area contributed by atoms with Gasteiger partial charge in [0.25, 0.3) is 0 Å². The molecule has 0 aromatic heterocycles. The minimum absolute atomic E-state index is 0.0397. The van der Waals surface area contributed by atoms with Gasteiger partial charge in [0.2, 0.25) is 0 Å². The first-order chi connectivity index (χ1) is 18.8. The average Bonchev–Trinajstić information content (AvgIpc) is 2.90. The lowest BCUT2D eigenvalue weighted by Gasteiger charge is -2.11. The lowest BCUT2D eigenvalue weighted by atomic mass is 10.0. The Kier molecular flexibility index (Phi) is 8.34. The van der Waals surface area contributed by atoms with Crippen LogP contribution in [0.1, 0.15) is 73.3 Å². The molecule has 0 bridgehead atoms. The number of esters is 2. The molecule has 0 unspecified atom stereocenters. The lowest BCUT2D eigenvalue weighted by Crippen LogP contribution is -2.13. The van der Waals surface area contributed by atoms with Crippen molar-refractivity contribution in [3.63, 3.8) is 0 Å². The largest absolute Gasteiger partial charge is 0.478 e. The van der Waals surface area contributed by atoms with E-state index >= 15 is 0 Å². The summed E-state index contributed by atoms with van der Waals surface area (Å²) in [4.78, 5) is 70.6. The second-order valence-electron chi connectivity index (χ2n) is 8.16. The number of carboxylic acid groups (broad SMARTS) is 4. The Bertz CT molecular complexity index is 1390. The molecule has 8 N–H and O–H groups in total. The molecule has 3 aromatic rings. The Morgan fingerprint density at radius 1 is 0.550 bits per heavy atom. The molecule has 14 nitrogen and oxygen atoms in total. The number of hydrogen-bond donors (Lipinski definition) is 6. The number of anilines is 2. The minimum Gasteiger partial charge on any atom is -0.478 e. The predicted octanol–water partition coefficient (Wildman–Crippen LogP) is 2.36. The van der Waals surface area contributed by atoms with Gasteiger partial charge in [0.05, 0.1) is 44.8 Å². The summed E-state index contributed by atoms with van der Waals surface area (Å²) in [7, 11) is 0. The molecular weight excluding hydrogens is 532 g/mol. The van der Waals surface area contributed by atoms with Gasteiger partial charge in [-0.2, -0.15) is 0 Å². The quantitative estimate of drug-likeness (QED) is 0.156. The highest BCUT2D eigenvalue weighted by Gasteiger charge is 2.21. The zero-order valence-electron chi connectivity index (χ0n) is 20.2. The maximum atomic E-state index is 12.6. The fraction of sp³-hybridized carbons (Fsp3) is 0.0769. The standard InChI is InChI=1S/C26H20N2O12/c27-19-15(21(29)30)4-11(5-16(19)22(31)32)9-39-25(37)13-2-1-3-14(8-13)26(38)40-10-12-6-17(23(33)34)20(28)18(7-12)24(35)36/h1-8H,9-10,27-28H2,(H,29,30)(H,31,32)(H,33,34)(H,35,36). The maximum Gasteiger partial charge on any atom is 0.338 e. The van der Waals surface area contributed by atoms with Crippen molar-refractivity contribution >= 4 is 47.2 Å². The SMILES string of the molecule is Nc1c(C(=O)O)cc(COC(=O)c2cccc(C(=O)OCc3cc(C(=O)O)c(N)c(C(=O)O)c3)c2)cc1C(=O)O. The van der Waals surface area contributed by atoms with Crippen molar-refractivity contribution in [3.8, 4) is 0 Å². The zero-order valence-corrected chi connectivity index (χ0v) is 20.2. The summed E-state index contributed by atoms with van der Waals surface area (Å²) in [5.41, 5.74) is 8.19. The number of nitrogen functional groups attached to an aromatic ring is 2. The summed E-state index contributed by atoms with van der Waals surface area (Å²) in [6, 6.07) is 9.35. The third-order valence-electron chi connectivity index (χ3n) is 5.48. The Balaban J connectivity index is 1.74. The van der Waals surface area contributed by atoms with E-state index in [0.717, 1.165) is 30.3 Å². The van der Waals surface area contributed by atoms with E-state index in [4.69, 9.17) is 20.9 Å². The molecule has 0 atom stereocenters. The first-order valence-electron chi connectivity index (χ1n) is 11.0. The number of ether oxygens (including phenoxy) is 2. The van der Waals surface area contributed by atoms with Gasteiger partial charge in [0.1, 0.15) is 13.2 Å². The Morgan fingerprint density at radius 3 is 1.12 bits per heavy atom. The second kappa shape index (κ2) is 11.6. The summed E-state index contributed by atoms with van der Waals surface area (Å²) in [6.07, 6.45) is 0.